The summed E-state index contributed by atoms with van der Waals surface area (Å²) in [6, 6.07) is -0.145. The van der Waals surface area contributed by atoms with E-state index in [1.807, 2.05) is 22.6 Å². The minimum Gasteiger partial charge on any atom is -0.334 e. The van der Waals surface area contributed by atoms with Crippen LogP contribution in [0.1, 0.15) is 13.0 Å². The van der Waals surface area contributed by atoms with E-state index in [0.29, 0.717) is 10.9 Å². The normalized spacial score (nSPS) is 14.2. The van der Waals surface area contributed by atoms with Crippen molar-refractivity contribution in [1.82, 2.24) is 9.55 Å². The molecule has 2 nitrogen and oxygen atoms in total. The van der Waals surface area contributed by atoms with Gasteiger partial charge in [-0.1, -0.05) is 11.6 Å². The molecule has 2 aromatic rings. The zero-order valence-corrected chi connectivity index (χ0v) is 11.5. The Morgan fingerprint density at radius 1 is 1.47 bits per heavy atom. The first kappa shape index (κ1) is 12.9. The van der Waals surface area contributed by atoms with Gasteiger partial charge in [0, 0.05) is 21.4 Å². The fourth-order valence-corrected chi connectivity index (χ4v) is 2.42. The van der Waals surface area contributed by atoms with Gasteiger partial charge in [-0.2, -0.15) is 13.2 Å². The highest BCUT2D eigenvalue weighted by Crippen LogP contribution is 2.35. The molecule has 0 amide bonds. The zero-order valence-electron chi connectivity index (χ0n) is 8.59. The third-order valence-corrected chi connectivity index (χ3v) is 3.59. The van der Waals surface area contributed by atoms with Crippen molar-refractivity contribution < 1.29 is 13.2 Å². The SMILES string of the molecule is CC(n1cc(I)c2cnc(Cl)cc21)C(F)(F)F. The van der Waals surface area contributed by atoms with Crippen LogP contribution >= 0.6 is 34.2 Å². The third kappa shape index (κ3) is 2.37. The number of fused-ring (bicyclic) bond motifs is 1. The lowest BCUT2D eigenvalue weighted by Crippen LogP contribution is -2.23. The Morgan fingerprint density at radius 3 is 2.71 bits per heavy atom. The Labute approximate surface area is 114 Å². The van der Waals surface area contributed by atoms with Gasteiger partial charge >= 0.3 is 6.18 Å². The first-order valence-corrected chi connectivity index (χ1v) is 6.14. The Bertz CT molecular complexity index is 564. The van der Waals surface area contributed by atoms with Crippen molar-refractivity contribution in [3.8, 4) is 0 Å². The lowest BCUT2D eigenvalue weighted by molar-refractivity contribution is -0.162. The van der Waals surface area contributed by atoms with Gasteiger partial charge in [-0.3, -0.25) is 0 Å². The molecule has 0 saturated carbocycles. The van der Waals surface area contributed by atoms with Gasteiger partial charge in [-0.25, -0.2) is 4.98 Å². The summed E-state index contributed by atoms with van der Waals surface area (Å²) in [5.41, 5.74) is 0.444. The van der Waals surface area contributed by atoms with E-state index in [1.54, 1.807) is 0 Å². The minimum atomic E-state index is -4.29. The average molecular weight is 375 g/mol. The molecule has 0 aliphatic heterocycles. The molecule has 0 saturated heterocycles. The third-order valence-electron chi connectivity index (χ3n) is 2.53. The first-order chi connectivity index (χ1) is 7.80. The van der Waals surface area contributed by atoms with Gasteiger partial charge in [0.2, 0.25) is 0 Å². The van der Waals surface area contributed by atoms with Crippen molar-refractivity contribution in [3.05, 3.63) is 27.2 Å². The predicted molar refractivity (Wildman–Crippen MR) is 68.2 cm³/mol. The van der Waals surface area contributed by atoms with Gasteiger partial charge in [-0.05, 0) is 35.6 Å². The van der Waals surface area contributed by atoms with Gasteiger partial charge in [0.15, 0.2) is 0 Å². The fraction of sp³-hybridized carbons (Fsp3) is 0.300. The maximum Gasteiger partial charge on any atom is 0.408 e. The summed E-state index contributed by atoms with van der Waals surface area (Å²) < 4.78 is 40.0. The summed E-state index contributed by atoms with van der Waals surface area (Å²) in [5.74, 6) is 0. The number of rotatable bonds is 1. The van der Waals surface area contributed by atoms with Crippen molar-refractivity contribution >= 4 is 45.1 Å². The Kier molecular flexibility index (Phi) is 3.28. The highest BCUT2D eigenvalue weighted by Gasteiger charge is 2.38. The molecular weight excluding hydrogens is 367 g/mol. The predicted octanol–water partition coefficient (Wildman–Crippen LogP) is 4.42. The quantitative estimate of drug-likeness (QED) is 0.534. The van der Waals surface area contributed by atoms with Crippen molar-refractivity contribution in [2.75, 3.05) is 0 Å². The summed E-state index contributed by atoms with van der Waals surface area (Å²) in [6.07, 6.45) is -1.34. The maximum absolute atomic E-state index is 12.7. The molecule has 2 heterocycles. The number of pyridine rings is 1. The highest BCUT2D eigenvalue weighted by molar-refractivity contribution is 14.1. The van der Waals surface area contributed by atoms with Crippen LogP contribution in [0.2, 0.25) is 5.15 Å². The van der Waals surface area contributed by atoms with Crippen molar-refractivity contribution in [1.29, 1.82) is 0 Å². The second kappa shape index (κ2) is 4.31. The van der Waals surface area contributed by atoms with Crippen LogP contribution in [0.25, 0.3) is 10.9 Å². The van der Waals surface area contributed by atoms with E-state index >= 15 is 0 Å². The van der Waals surface area contributed by atoms with Gasteiger partial charge in [-0.15, -0.1) is 0 Å². The highest BCUT2D eigenvalue weighted by atomic mass is 127. The van der Waals surface area contributed by atoms with Gasteiger partial charge in [0.05, 0.1) is 5.52 Å². The van der Waals surface area contributed by atoms with Crippen LogP contribution in [0.4, 0.5) is 13.2 Å². The number of aromatic nitrogens is 2. The van der Waals surface area contributed by atoms with Crippen LogP contribution in [0.3, 0.4) is 0 Å². The van der Waals surface area contributed by atoms with Gasteiger partial charge in [0.1, 0.15) is 11.2 Å². The molecule has 0 radical (unpaired) electrons. The standard InChI is InChI=1S/C10H7ClF3IN2/c1-5(10(12,13)14)17-4-7(15)6-3-16-9(11)2-8(6)17/h2-5H,1H3. The lowest BCUT2D eigenvalue weighted by Gasteiger charge is -2.18. The van der Waals surface area contributed by atoms with Gasteiger partial charge in [0.25, 0.3) is 0 Å². The van der Waals surface area contributed by atoms with Crippen molar-refractivity contribution in [2.45, 2.75) is 19.1 Å². The fourth-order valence-electron chi connectivity index (χ4n) is 1.56. The Morgan fingerprint density at radius 2 is 2.12 bits per heavy atom. The van der Waals surface area contributed by atoms with E-state index in [1.165, 1.54) is 23.0 Å². The average Bonchev–Trinajstić information content (AvgIpc) is 2.53. The van der Waals surface area contributed by atoms with Gasteiger partial charge < -0.3 is 4.57 Å². The molecule has 0 aliphatic carbocycles. The zero-order chi connectivity index (χ0) is 12.8. The summed E-state index contributed by atoms with van der Waals surface area (Å²) >= 11 is 7.69. The number of hydrogen-bond donors (Lipinski definition) is 0. The molecule has 2 rings (SSSR count). The molecule has 0 spiro atoms. The van der Waals surface area contributed by atoms with E-state index < -0.39 is 12.2 Å². The number of hydrogen-bond acceptors (Lipinski definition) is 1. The molecule has 0 N–H and O–H groups in total. The van der Waals surface area contributed by atoms with E-state index in [-0.39, 0.29) is 5.15 Å². The molecule has 0 aromatic carbocycles. The molecule has 17 heavy (non-hydrogen) atoms. The van der Waals surface area contributed by atoms with Crippen LogP contribution in [0.5, 0.6) is 0 Å². The molecule has 92 valence electrons. The largest absolute Gasteiger partial charge is 0.408 e. The number of alkyl halides is 3. The molecular formula is C10H7ClF3IN2. The summed E-state index contributed by atoms with van der Waals surface area (Å²) in [7, 11) is 0. The molecule has 2 aromatic heterocycles. The number of nitrogens with zero attached hydrogens (tertiary/aromatic N) is 2. The first-order valence-electron chi connectivity index (χ1n) is 4.69. The molecule has 0 fully saturated rings. The van der Waals surface area contributed by atoms with Crippen molar-refractivity contribution in [3.63, 3.8) is 0 Å². The molecule has 0 bridgehead atoms. The van der Waals surface area contributed by atoms with Crippen molar-refractivity contribution in [2.24, 2.45) is 0 Å². The van der Waals surface area contributed by atoms with E-state index in [0.717, 1.165) is 10.5 Å². The maximum atomic E-state index is 12.7. The van der Waals surface area contributed by atoms with E-state index in [9.17, 15) is 13.2 Å². The molecule has 1 atom stereocenters. The molecule has 7 heteroatoms. The summed E-state index contributed by atoms with van der Waals surface area (Å²) in [5, 5.41) is 0.855. The molecule has 1 unspecified atom stereocenters. The lowest BCUT2D eigenvalue weighted by atomic mass is 10.3. The molecule has 0 aliphatic rings. The second-order valence-electron chi connectivity index (χ2n) is 3.63. The second-order valence-corrected chi connectivity index (χ2v) is 5.18. The smallest absolute Gasteiger partial charge is 0.334 e. The minimum absolute atomic E-state index is 0.183. The number of halogens is 5. The summed E-state index contributed by atoms with van der Waals surface area (Å²) in [6.45, 7) is 1.11. The Balaban J connectivity index is 2.66. The van der Waals surface area contributed by atoms with Crippen LogP contribution in [-0.4, -0.2) is 15.7 Å². The summed E-state index contributed by atoms with van der Waals surface area (Å²) in [4.78, 5) is 3.87. The van der Waals surface area contributed by atoms with Crippen LogP contribution in [0, 0.1) is 3.57 Å². The monoisotopic (exact) mass is 374 g/mol. The topological polar surface area (TPSA) is 17.8 Å². The van der Waals surface area contributed by atoms with E-state index in [4.69, 9.17) is 11.6 Å². The van der Waals surface area contributed by atoms with Crippen LogP contribution in [-0.2, 0) is 0 Å². The Hall–Kier alpha value is -0.500. The van der Waals surface area contributed by atoms with Crippen LogP contribution < -0.4 is 0 Å². The van der Waals surface area contributed by atoms with E-state index in [2.05, 4.69) is 4.98 Å². The van der Waals surface area contributed by atoms with Crippen LogP contribution in [0.15, 0.2) is 18.5 Å².